The van der Waals surface area contributed by atoms with Crippen LogP contribution in [0, 0.1) is 0 Å². The maximum atomic E-state index is 12.9. The molecule has 2 aromatic heterocycles. The van der Waals surface area contributed by atoms with Crippen molar-refractivity contribution in [1.29, 1.82) is 0 Å². The molecule has 0 aliphatic rings. The lowest BCUT2D eigenvalue weighted by atomic mass is 10.1. The van der Waals surface area contributed by atoms with Crippen LogP contribution in [0.5, 0.6) is 0 Å². The predicted molar refractivity (Wildman–Crippen MR) is 285 cm³/mol. The monoisotopic (exact) mass is 1090 g/mol. The van der Waals surface area contributed by atoms with E-state index >= 15 is 0 Å². The summed E-state index contributed by atoms with van der Waals surface area (Å²) in [5.41, 5.74) is 1.69. The molecule has 12 N–H and O–H groups in total. The van der Waals surface area contributed by atoms with Crippen LogP contribution in [0.25, 0.3) is 12.2 Å². The quantitative estimate of drug-likeness (QED) is 0.0247. The molecule has 0 fully saturated rings. The number of benzene rings is 4. The van der Waals surface area contributed by atoms with Crippen LogP contribution in [0.4, 0.5) is 58.4 Å². The first kappa shape index (κ1) is 57.3. The van der Waals surface area contributed by atoms with Gasteiger partial charge in [0.05, 0.1) is 26.4 Å². The summed E-state index contributed by atoms with van der Waals surface area (Å²) in [6.45, 7) is 3.68. The van der Waals surface area contributed by atoms with Gasteiger partial charge in [-0.2, -0.15) is 46.7 Å². The molecule has 0 unspecified atom stereocenters. The number of hydrogen-bond donors (Lipinski definition) is 12. The zero-order chi connectivity index (χ0) is 54.8. The average Bonchev–Trinajstić information content (AvgIpc) is 3.39. The Balaban J connectivity index is 1.29. The number of nitrogens with zero attached hydrogens (tertiary/aromatic N) is 8. The molecule has 2 amide bonds. The fourth-order valence-electron chi connectivity index (χ4n) is 7.08. The van der Waals surface area contributed by atoms with Crippen molar-refractivity contribution < 1.29 is 56.0 Å². The van der Waals surface area contributed by atoms with E-state index < -0.39 is 30.0 Å². The first-order valence-electron chi connectivity index (χ1n) is 23.7. The molecular formula is C48H58N14O12S2. The highest BCUT2D eigenvalue weighted by Gasteiger charge is 2.21. The highest BCUT2D eigenvalue weighted by atomic mass is 32.2. The standard InChI is InChI=1S/C48H58N14O12S2/c1-3-19-49-41(67)33-9-13-35(14-10-33)51-43-55-45(59-47(57-43)61(21-25-63)22-26-64)53-37-17-7-31(39(29-37)75(69,70)71)5-6-32-8-18-38(30-40(32)76(72,73)74)54-46-56-44(58-48(60-46)62(23-27-65)24-28-66)52-36-15-11-34(12-16-36)42(68)50-20-4-2/h5-18,29-30,63-66H,3-4,19-28H2,1-2H3,(H,49,67)(H,50,68)(H,69,70,71)(H,72,73,74)(H2,51,53,55,57,59)(H2,52,54,56,58,60)/b6-5+. The minimum absolute atomic E-state index is 0.0137. The van der Waals surface area contributed by atoms with E-state index in [1.165, 1.54) is 46.2 Å². The Labute approximate surface area is 437 Å². The van der Waals surface area contributed by atoms with Crippen LogP contribution in [0.2, 0.25) is 0 Å². The molecule has 0 saturated carbocycles. The smallest absolute Gasteiger partial charge is 0.295 e. The second-order valence-electron chi connectivity index (χ2n) is 16.4. The van der Waals surface area contributed by atoms with Gasteiger partial charge in [0.1, 0.15) is 9.79 Å². The minimum Gasteiger partial charge on any atom is -0.395 e. The van der Waals surface area contributed by atoms with Crippen molar-refractivity contribution in [2.24, 2.45) is 0 Å². The summed E-state index contributed by atoms with van der Waals surface area (Å²) in [6, 6.07) is 20.5. The summed E-state index contributed by atoms with van der Waals surface area (Å²) in [4.78, 5) is 53.1. The molecule has 28 heteroatoms. The van der Waals surface area contributed by atoms with Gasteiger partial charge < -0.3 is 62.1 Å². The molecule has 6 aromatic rings. The largest absolute Gasteiger partial charge is 0.395 e. The summed E-state index contributed by atoms with van der Waals surface area (Å²) < 4.78 is 72.3. The molecule has 0 atom stereocenters. The second-order valence-corrected chi connectivity index (χ2v) is 19.2. The van der Waals surface area contributed by atoms with Gasteiger partial charge in [-0.15, -0.1) is 0 Å². The Kier molecular flexibility index (Phi) is 20.4. The molecule has 6 rings (SSSR count). The average molecular weight is 1090 g/mol. The molecule has 0 bridgehead atoms. The van der Waals surface area contributed by atoms with Gasteiger partial charge in [0.2, 0.25) is 35.7 Å². The van der Waals surface area contributed by atoms with E-state index in [1.807, 2.05) is 13.8 Å². The number of nitrogens with one attached hydrogen (secondary N) is 6. The lowest BCUT2D eigenvalue weighted by Gasteiger charge is -2.21. The third kappa shape index (κ3) is 16.3. The Morgan fingerprint density at radius 1 is 0.474 bits per heavy atom. The van der Waals surface area contributed by atoms with Crippen molar-refractivity contribution in [2.45, 2.75) is 36.5 Å². The number of anilines is 10. The topological polar surface area (TPSA) is 380 Å². The Bertz CT molecular complexity index is 2990. The van der Waals surface area contributed by atoms with E-state index in [2.05, 4.69) is 61.8 Å². The van der Waals surface area contributed by atoms with E-state index in [9.17, 15) is 56.0 Å². The molecule has 0 spiro atoms. The van der Waals surface area contributed by atoms with Gasteiger partial charge in [-0.25, -0.2) is 0 Å². The van der Waals surface area contributed by atoms with Gasteiger partial charge in [-0.3, -0.25) is 18.7 Å². The Morgan fingerprint density at radius 3 is 1.07 bits per heavy atom. The third-order valence-corrected chi connectivity index (χ3v) is 12.5. The third-order valence-electron chi connectivity index (χ3n) is 10.7. The van der Waals surface area contributed by atoms with Crippen LogP contribution in [0.1, 0.15) is 58.5 Å². The number of hydrogen-bond acceptors (Lipinski definition) is 22. The lowest BCUT2D eigenvalue weighted by Crippen LogP contribution is -2.31. The Morgan fingerprint density at radius 2 is 0.776 bits per heavy atom. The van der Waals surface area contributed by atoms with Crippen molar-refractivity contribution in [3.8, 4) is 0 Å². The first-order chi connectivity index (χ1) is 36.4. The second kappa shape index (κ2) is 27.0. The summed E-state index contributed by atoms with van der Waals surface area (Å²) >= 11 is 0. The van der Waals surface area contributed by atoms with E-state index in [-0.39, 0.29) is 123 Å². The van der Waals surface area contributed by atoms with E-state index in [0.29, 0.717) is 35.6 Å². The van der Waals surface area contributed by atoms with Crippen LogP contribution < -0.4 is 41.7 Å². The number of aliphatic hydroxyl groups is 4. The van der Waals surface area contributed by atoms with Gasteiger partial charge in [0, 0.05) is 73.1 Å². The van der Waals surface area contributed by atoms with Gasteiger partial charge in [-0.05, 0) is 96.8 Å². The number of aromatic nitrogens is 6. The van der Waals surface area contributed by atoms with Crippen molar-refractivity contribution >= 4 is 103 Å². The summed E-state index contributed by atoms with van der Waals surface area (Å²) in [7, 11) is -9.96. The summed E-state index contributed by atoms with van der Waals surface area (Å²) in [5, 5.41) is 56.4. The zero-order valence-electron chi connectivity index (χ0n) is 41.2. The summed E-state index contributed by atoms with van der Waals surface area (Å²) in [6.07, 6.45) is 3.93. The van der Waals surface area contributed by atoms with E-state index in [4.69, 9.17) is 0 Å². The molecule has 0 radical (unpaired) electrons. The molecular weight excluding hydrogens is 1030 g/mol. The maximum Gasteiger partial charge on any atom is 0.295 e. The predicted octanol–water partition coefficient (Wildman–Crippen LogP) is 3.56. The molecule has 4 aromatic carbocycles. The number of carbonyl (C=O) groups is 2. The Hall–Kier alpha value is -7.96. The molecule has 0 saturated heterocycles. The van der Waals surface area contributed by atoms with Crippen molar-refractivity contribution in [3.63, 3.8) is 0 Å². The van der Waals surface area contributed by atoms with Crippen molar-refractivity contribution in [2.75, 3.05) is 96.8 Å². The number of carbonyl (C=O) groups excluding carboxylic acids is 2. The fraction of sp³-hybridized carbons (Fsp3) is 0.292. The van der Waals surface area contributed by atoms with E-state index in [0.717, 1.165) is 25.0 Å². The van der Waals surface area contributed by atoms with Crippen LogP contribution in [0.15, 0.2) is 94.7 Å². The highest BCUT2D eigenvalue weighted by Crippen LogP contribution is 2.30. The fourth-order valence-corrected chi connectivity index (χ4v) is 8.50. The van der Waals surface area contributed by atoms with Crippen LogP contribution in [-0.4, -0.2) is 154 Å². The number of aliphatic hydroxyl groups excluding tert-OH is 4. The maximum absolute atomic E-state index is 12.9. The van der Waals surface area contributed by atoms with Crippen LogP contribution in [-0.2, 0) is 20.2 Å². The SMILES string of the molecule is CCCNC(=O)c1ccc(Nc2nc(Nc3ccc(/C=C/c4ccc(Nc5nc(Nc6ccc(C(=O)NCCC)cc6)nc(N(CCO)CCO)n5)cc4S(=O)(=O)O)c(S(=O)(=O)O)c3)nc(N(CCO)CCO)n2)cc1. The number of amides is 2. The zero-order valence-corrected chi connectivity index (χ0v) is 42.9. The molecule has 0 aliphatic carbocycles. The van der Waals surface area contributed by atoms with Crippen molar-refractivity contribution in [3.05, 3.63) is 107 Å². The first-order valence-corrected chi connectivity index (χ1v) is 26.5. The molecule has 2 heterocycles. The van der Waals surface area contributed by atoms with Crippen LogP contribution >= 0.6 is 0 Å². The van der Waals surface area contributed by atoms with Crippen molar-refractivity contribution in [1.82, 2.24) is 40.5 Å². The van der Waals surface area contributed by atoms with E-state index in [1.54, 1.807) is 48.5 Å². The normalized spacial score (nSPS) is 11.5. The molecule has 0 aliphatic heterocycles. The van der Waals surface area contributed by atoms with Crippen LogP contribution in [0.3, 0.4) is 0 Å². The highest BCUT2D eigenvalue weighted by molar-refractivity contribution is 7.86. The van der Waals surface area contributed by atoms with Gasteiger partial charge >= 0.3 is 0 Å². The van der Waals surface area contributed by atoms with Gasteiger partial charge in [0.15, 0.2) is 0 Å². The minimum atomic E-state index is -4.98. The molecule has 26 nitrogen and oxygen atoms in total. The lowest BCUT2D eigenvalue weighted by molar-refractivity contribution is 0.0945. The molecule has 76 heavy (non-hydrogen) atoms. The molecule has 404 valence electrons. The number of rotatable bonds is 28. The van der Waals surface area contributed by atoms with Gasteiger partial charge in [0.25, 0.3) is 32.1 Å². The van der Waals surface area contributed by atoms with Gasteiger partial charge in [-0.1, -0.05) is 38.1 Å². The summed E-state index contributed by atoms with van der Waals surface area (Å²) in [5.74, 6) is -0.769.